The number of ether oxygens (including phenoxy) is 1. The molecule has 2 N–H and O–H groups in total. The topological polar surface area (TPSA) is 84.5 Å². The number of carbonyl (C=O) groups excluding carboxylic acids is 3. The van der Waals surface area contributed by atoms with E-state index in [0.717, 1.165) is 0 Å². The fourth-order valence-electron chi connectivity index (χ4n) is 1.75. The molecule has 6 nitrogen and oxygen atoms in total. The van der Waals surface area contributed by atoms with E-state index in [1.165, 1.54) is 6.92 Å². The lowest BCUT2D eigenvalue weighted by atomic mass is 9.98. The summed E-state index contributed by atoms with van der Waals surface area (Å²) in [5.74, 6) is -0.245. The van der Waals surface area contributed by atoms with Gasteiger partial charge in [-0.25, -0.2) is 4.79 Å². The maximum atomic E-state index is 12.3. The minimum atomic E-state index is -1.17. The van der Waals surface area contributed by atoms with E-state index < -0.39 is 29.2 Å². The molecule has 0 aliphatic rings. The Morgan fingerprint density at radius 2 is 1.55 bits per heavy atom. The molecule has 0 aromatic rings. The second-order valence-electron chi connectivity index (χ2n) is 7.52. The molecule has 0 aliphatic carbocycles. The van der Waals surface area contributed by atoms with Crippen molar-refractivity contribution in [3.8, 4) is 0 Å². The lowest BCUT2D eigenvalue weighted by molar-refractivity contribution is -0.130. The molecule has 2 amide bonds. The molecule has 0 aromatic heterocycles. The molecule has 0 radical (unpaired) electrons. The Labute approximate surface area is 133 Å². The van der Waals surface area contributed by atoms with Crippen molar-refractivity contribution in [3.63, 3.8) is 0 Å². The van der Waals surface area contributed by atoms with E-state index in [9.17, 15) is 14.4 Å². The van der Waals surface area contributed by atoms with Crippen LogP contribution in [0.1, 0.15) is 61.8 Å². The summed E-state index contributed by atoms with van der Waals surface area (Å²) in [4.78, 5) is 35.7. The van der Waals surface area contributed by atoms with Crippen molar-refractivity contribution in [1.82, 2.24) is 10.6 Å². The molecule has 0 heterocycles. The second-order valence-corrected chi connectivity index (χ2v) is 7.52. The number of Topliss-reactive ketones (excluding diaryl/α,β-unsaturated/α-hetero) is 1. The number of hydrogen-bond donors (Lipinski definition) is 2. The van der Waals surface area contributed by atoms with E-state index in [1.54, 1.807) is 34.6 Å². The number of ketones is 1. The van der Waals surface area contributed by atoms with Crippen LogP contribution in [0.25, 0.3) is 0 Å². The lowest BCUT2D eigenvalue weighted by Gasteiger charge is -2.29. The van der Waals surface area contributed by atoms with Gasteiger partial charge >= 0.3 is 6.09 Å². The van der Waals surface area contributed by atoms with Gasteiger partial charge < -0.3 is 15.4 Å². The van der Waals surface area contributed by atoms with Gasteiger partial charge in [-0.05, 0) is 53.9 Å². The van der Waals surface area contributed by atoms with Crippen LogP contribution in [0, 0.1) is 5.92 Å². The molecule has 0 aliphatic heterocycles. The first kappa shape index (κ1) is 20.4. The number of hydrogen-bond acceptors (Lipinski definition) is 4. The Morgan fingerprint density at radius 1 is 1.05 bits per heavy atom. The van der Waals surface area contributed by atoms with Crippen molar-refractivity contribution in [3.05, 3.63) is 0 Å². The smallest absolute Gasteiger partial charge is 0.408 e. The number of carbonyl (C=O) groups is 3. The first-order valence-electron chi connectivity index (χ1n) is 7.57. The van der Waals surface area contributed by atoms with Gasteiger partial charge in [0.15, 0.2) is 5.78 Å². The van der Waals surface area contributed by atoms with Gasteiger partial charge in [0.1, 0.15) is 11.1 Å². The van der Waals surface area contributed by atoms with E-state index in [4.69, 9.17) is 4.74 Å². The van der Waals surface area contributed by atoms with Gasteiger partial charge in [0.25, 0.3) is 0 Å². The highest BCUT2D eigenvalue weighted by Crippen LogP contribution is 2.11. The van der Waals surface area contributed by atoms with E-state index in [0.29, 0.717) is 6.42 Å². The van der Waals surface area contributed by atoms with Crippen LogP contribution in [-0.4, -0.2) is 35.0 Å². The molecule has 128 valence electrons. The highest BCUT2D eigenvalue weighted by molar-refractivity contribution is 5.93. The average molecular weight is 314 g/mol. The minimum Gasteiger partial charge on any atom is -0.444 e. The third kappa shape index (κ3) is 8.00. The normalized spacial score (nSPS) is 13.5. The quantitative estimate of drug-likeness (QED) is 0.788. The summed E-state index contributed by atoms with van der Waals surface area (Å²) in [6.45, 7) is 13.8. The highest BCUT2D eigenvalue weighted by atomic mass is 16.6. The zero-order valence-electron chi connectivity index (χ0n) is 15.0. The van der Waals surface area contributed by atoms with Gasteiger partial charge in [0.2, 0.25) is 5.91 Å². The Morgan fingerprint density at radius 3 is 1.91 bits per heavy atom. The van der Waals surface area contributed by atoms with Gasteiger partial charge in [0.05, 0.1) is 6.04 Å². The average Bonchev–Trinajstić information content (AvgIpc) is 2.23. The Balaban J connectivity index is 4.79. The summed E-state index contributed by atoms with van der Waals surface area (Å²) < 4.78 is 5.14. The van der Waals surface area contributed by atoms with E-state index in [-0.39, 0.29) is 11.7 Å². The van der Waals surface area contributed by atoms with Gasteiger partial charge in [-0.2, -0.15) is 0 Å². The molecule has 0 saturated heterocycles. The zero-order chi connectivity index (χ0) is 17.7. The third-order valence-corrected chi connectivity index (χ3v) is 2.88. The monoisotopic (exact) mass is 314 g/mol. The fourth-order valence-corrected chi connectivity index (χ4v) is 1.75. The molecule has 0 aromatic carbocycles. The molecule has 0 fully saturated rings. The Kier molecular flexibility index (Phi) is 7.06. The van der Waals surface area contributed by atoms with Gasteiger partial charge in [-0.1, -0.05) is 13.8 Å². The summed E-state index contributed by atoms with van der Waals surface area (Å²) >= 11 is 0. The van der Waals surface area contributed by atoms with Gasteiger partial charge in [-0.15, -0.1) is 0 Å². The molecular formula is C16H30N2O4. The van der Waals surface area contributed by atoms with Crippen LogP contribution in [0.4, 0.5) is 4.79 Å². The van der Waals surface area contributed by atoms with Crippen LogP contribution in [0.15, 0.2) is 0 Å². The fraction of sp³-hybridized carbons (Fsp3) is 0.812. The molecule has 1 atom stereocenters. The van der Waals surface area contributed by atoms with Gasteiger partial charge in [0, 0.05) is 0 Å². The van der Waals surface area contributed by atoms with Crippen LogP contribution in [0.5, 0.6) is 0 Å². The van der Waals surface area contributed by atoms with Gasteiger partial charge in [-0.3, -0.25) is 9.59 Å². The van der Waals surface area contributed by atoms with Crippen molar-refractivity contribution < 1.29 is 19.1 Å². The molecule has 0 unspecified atom stereocenters. The van der Waals surface area contributed by atoms with Crippen LogP contribution >= 0.6 is 0 Å². The van der Waals surface area contributed by atoms with Crippen molar-refractivity contribution in [2.75, 3.05) is 0 Å². The van der Waals surface area contributed by atoms with Crippen LogP contribution in [0.3, 0.4) is 0 Å². The lowest BCUT2D eigenvalue weighted by Crippen LogP contribution is -2.58. The predicted molar refractivity (Wildman–Crippen MR) is 85.5 cm³/mol. The summed E-state index contributed by atoms with van der Waals surface area (Å²) in [5.41, 5.74) is -1.82. The number of nitrogens with one attached hydrogen (secondary N) is 2. The molecule has 6 heteroatoms. The molecule has 0 rings (SSSR count). The maximum absolute atomic E-state index is 12.3. The van der Waals surface area contributed by atoms with E-state index in [1.807, 2.05) is 13.8 Å². The zero-order valence-corrected chi connectivity index (χ0v) is 15.0. The molecule has 0 bridgehead atoms. The third-order valence-electron chi connectivity index (χ3n) is 2.88. The first-order valence-corrected chi connectivity index (χ1v) is 7.57. The maximum Gasteiger partial charge on any atom is 0.408 e. The van der Waals surface area contributed by atoms with Crippen molar-refractivity contribution in [1.29, 1.82) is 0 Å². The minimum absolute atomic E-state index is 0.102. The number of amides is 2. The number of rotatable bonds is 6. The molecular weight excluding hydrogens is 284 g/mol. The molecule has 0 spiro atoms. The summed E-state index contributed by atoms with van der Waals surface area (Å²) in [7, 11) is 0. The van der Waals surface area contributed by atoms with Crippen molar-refractivity contribution in [2.45, 2.75) is 79.0 Å². The second kappa shape index (κ2) is 7.61. The van der Waals surface area contributed by atoms with Crippen LogP contribution < -0.4 is 10.6 Å². The predicted octanol–water partition coefficient (Wildman–Crippen LogP) is 2.41. The first-order chi connectivity index (χ1) is 9.74. The van der Waals surface area contributed by atoms with E-state index in [2.05, 4.69) is 10.6 Å². The summed E-state index contributed by atoms with van der Waals surface area (Å²) in [5, 5.41) is 5.22. The largest absolute Gasteiger partial charge is 0.444 e. The van der Waals surface area contributed by atoms with Crippen molar-refractivity contribution in [2.24, 2.45) is 5.92 Å². The molecule has 22 heavy (non-hydrogen) atoms. The SMILES string of the molecule is CC(=O)[C@@H](CC(C)C)NC(=O)C(C)(C)NC(=O)OC(C)(C)C. The highest BCUT2D eigenvalue weighted by Gasteiger charge is 2.33. The van der Waals surface area contributed by atoms with Crippen molar-refractivity contribution >= 4 is 17.8 Å². The summed E-state index contributed by atoms with van der Waals surface area (Å²) in [6.07, 6.45) is -0.111. The van der Waals surface area contributed by atoms with E-state index >= 15 is 0 Å². The Bertz CT molecular complexity index is 422. The number of alkyl carbamates (subject to hydrolysis) is 1. The summed E-state index contributed by atoms with van der Waals surface area (Å²) in [6, 6.07) is -0.549. The van der Waals surface area contributed by atoms with Crippen LogP contribution in [0.2, 0.25) is 0 Å². The standard InChI is InChI=1S/C16H30N2O4/c1-10(2)9-12(11(3)19)17-13(20)16(7,8)18-14(21)22-15(4,5)6/h10,12H,9H2,1-8H3,(H,17,20)(H,18,21)/t12-/m1/s1. The molecule has 0 saturated carbocycles. The van der Waals surface area contributed by atoms with Crippen LogP contribution in [-0.2, 0) is 14.3 Å². The Hall–Kier alpha value is -1.59.